The molecule has 1 aliphatic carbocycles. The molecule has 68 valence electrons. The number of hydrogen-bond donors (Lipinski definition) is 0. The summed E-state index contributed by atoms with van der Waals surface area (Å²) in [6.07, 6.45) is 1.81. The van der Waals surface area contributed by atoms with E-state index in [1.807, 2.05) is 6.07 Å². The topological polar surface area (TPSA) is 17.1 Å². The highest BCUT2D eigenvalue weighted by Crippen LogP contribution is 2.46. The van der Waals surface area contributed by atoms with E-state index in [2.05, 4.69) is 15.9 Å². The van der Waals surface area contributed by atoms with Crippen LogP contribution >= 0.6 is 15.9 Å². The molecule has 1 aromatic rings. The molecule has 0 heterocycles. The standard InChI is InChI=1S/C10H8BrFO/c11-9-2-1-6(4-10(9)12)8-3-7(8)5-13/h1-2,4-5,7-8H,3H2/t7-,8-/m1/s1. The Labute approximate surface area is 84.1 Å². The Morgan fingerprint density at radius 1 is 1.54 bits per heavy atom. The summed E-state index contributed by atoms with van der Waals surface area (Å²) in [5.74, 6) is 0.106. The lowest BCUT2D eigenvalue weighted by Gasteiger charge is -1.99. The summed E-state index contributed by atoms with van der Waals surface area (Å²) >= 11 is 3.09. The number of aldehydes is 1. The second kappa shape index (κ2) is 3.22. The van der Waals surface area contributed by atoms with Crippen molar-refractivity contribution in [3.63, 3.8) is 0 Å². The smallest absolute Gasteiger partial charge is 0.137 e. The average molecular weight is 243 g/mol. The number of rotatable bonds is 2. The van der Waals surface area contributed by atoms with Gasteiger partial charge in [0.25, 0.3) is 0 Å². The summed E-state index contributed by atoms with van der Waals surface area (Å²) in [7, 11) is 0. The monoisotopic (exact) mass is 242 g/mol. The van der Waals surface area contributed by atoms with Crippen LogP contribution in [0.2, 0.25) is 0 Å². The number of hydrogen-bond acceptors (Lipinski definition) is 1. The molecule has 1 aromatic carbocycles. The van der Waals surface area contributed by atoms with E-state index in [1.54, 1.807) is 6.07 Å². The van der Waals surface area contributed by atoms with Crippen molar-refractivity contribution in [1.82, 2.24) is 0 Å². The largest absolute Gasteiger partial charge is 0.303 e. The van der Waals surface area contributed by atoms with Gasteiger partial charge in [-0.3, -0.25) is 0 Å². The Morgan fingerprint density at radius 3 is 2.85 bits per heavy atom. The third-order valence-corrected chi connectivity index (χ3v) is 3.03. The van der Waals surface area contributed by atoms with Crippen molar-refractivity contribution in [2.75, 3.05) is 0 Å². The number of carbonyl (C=O) groups excluding carboxylic acids is 1. The lowest BCUT2D eigenvalue weighted by atomic mass is 10.1. The molecule has 2 rings (SSSR count). The molecule has 0 saturated heterocycles. The number of halogens is 2. The second-order valence-electron chi connectivity index (χ2n) is 3.32. The highest BCUT2D eigenvalue weighted by molar-refractivity contribution is 9.10. The highest BCUT2D eigenvalue weighted by atomic mass is 79.9. The third kappa shape index (κ3) is 1.66. The molecular weight excluding hydrogens is 235 g/mol. The Morgan fingerprint density at radius 2 is 2.31 bits per heavy atom. The molecule has 1 nitrogen and oxygen atoms in total. The molecule has 1 aliphatic rings. The van der Waals surface area contributed by atoms with Crippen LogP contribution in [-0.2, 0) is 4.79 Å². The molecule has 0 amide bonds. The molecule has 0 radical (unpaired) electrons. The van der Waals surface area contributed by atoms with Crippen molar-refractivity contribution in [2.45, 2.75) is 12.3 Å². The molecule has 0 N–H and O–H groups in total. The molecule has 0 spiro atoms. The van der Waals surface area contributed by atoms with Gasteiger partial charge in [-0.15, -0.1) is 0 Å². The number of carbonyl (C=O) groups is 1. The molecule has 2 atom stereocenters. The van der Waals surface area contributed by atoms with Crippen LogP contribution in [0.25, 0.3) is 0 Å². The molecule has 13 heavy (non-hydrogen) atoms. The van der Waals surface area contributed by atoms with Gasteiger partial charge in [0.05, 0.1) is 4.47 Å². The van der Waals surface area contributed by atoms with E-state index in [1.165, 1.54) is 6.07 Å². The van der Waals surface area contributed by atoms with Gasteiger partial charge in [0.15, 0.2) is 0 Å². The van der Waals surface area contributed by atoms with Gasteiger partial charge < -0.3 is 4.79 Å². The van der Waals surface area contributed by atoms with E-state index in [9.17, 15) is 9.18 Å². The van der Waals surface area contributed by atoms with Gasteiger partial charge in [-0.1, -0.05) is 6.07 Å². The zero-order chi connectivity index (χ0) is 9.42. The van der Waals surface area contributed by atoms with Crippen LogP contribution in [0, 0.1) is 11.7 Å². The molecule has 0 aromatic heterocycles. The number of benzene rings is 1. The summed E-state index contributed by atoms with van der Waals surface area (Å²) in [6.45, 7) is 0. The van der Waals surface area contributed by atoms with Crippen molar-refractivity contribution >= 4 is 22.2 Å². The second-order valence-corrected chi connectivity index (χ2v) is 4.17. The lowest BCUT2D eigenvalue weighted by Crippen LogP contribution is -1.86. The zero-order valence-electron chi connectivity index (χ0n) is 6.84. The van der Waals surface area contributed by atoms with Gasteiger partial charge in [-0.25, -0.2) is 4.39 Å². The van der Waals surface area contributed by atoms with Crippen LogP contribution < -0.4 is 0 Å². The van der Waals surface area contributed by atoms with Crippen LogP contribution in [0.4, 0.5) is 4.39 Å². The summed E-state index contributed by atoms with van der Waals surface area (Å²) in [5.41, 5.74) is 0.929. The fourth-order valence-corrected chi connectivity index (χ4v) is 1.74. The summed E-state index contributed by atoms with van der Waals surface area (Å²) in [6, 6.07) is 5.05. The van der Waals surface area contributed by atoms with Gasteiger partial charge in [-0.05, 0) is 46.0 Å². The Kier molecular flexibility index (Phi) is 2.20. The van der Waals surface area contributed by atoms with Crippen molar-refractivity contribution < 1.29 is 9.18 Å². The van der Waals surface area contributed by atoms with E-state index in [-0.39, 0.29) is 17.7 Å². The first-order valence-corrected chi connectivity index (χ1v) is 4.92. The molecule has 0 aliphatic heterocycles. The summed E-state index contributed by atoms with van der Waals surface area (Å²) in [5, 5.41) is 0. The summed E-state index contributed by atoms with van der Waals surface area (Å²) < 4.78 is 13.5. The fourth-order valence-electron chi connectivity index (χ4n) is 1.49. The van der Waals surface area contributed by atoms with Crippen LogP contribution in [0.5, 0.6) is 0 Å². The first-order valence-electron chi connectivity index (χ1n) is 4.12. The fraction of sp³-hybridized carbons (Fsp3) is 0.300. The Balaban J connectivity index is 2.23. The van der Waals surface area contributed by atoms with E-state index < -0.39 is 0 Å². The SMILES string of the molecule is O=C[C@H]1C[C@@H]1c1ccc(Br)c(F)c1. The van der Waals surface area contributed by atoms with Gasteiger partial charge in [-0.2, -0.15) is 0 Å². The maximum Gasteiger partial charge on any atom is 0.137 e. The minimum Gasteiger partial charge on any atom is -0.303 e. The predicted octanol–water partition coefficient (Wildman–Crippen LogP) is 2.89. The molecule has 1 saturated carbocycles. The van der Waals surface area contributed by atoms with Crippen LogP contribution in [0.3, 0.4) is 0 Å². The molecule has 1 fully saturated rings. The average Bonchev–Trinajstić information content (AvgIpc) is 2.88. The predicted molar refractivity (Wildman–Crippen MR) is 51.0 cm³/mol. The maximum absolute atomic E-state index is 13.1. The van der Waals surface area contributed by atoms with E-state index in [0.717, 1.165) is 18.3 Å². The van der Waals surface area contributed by atoms with Gasteiger partial charge in [0.2, 0.25) is 0 Å². The van der Waals surface area contributed by atoms with Crippen LogP contribution in [0.15, 0.2) is 22.7 Å². The van der Waals surface area contributed by atoms with Crippen molar-refractivity contribution in [3.8, 4) is 0 Å². The Hall–Kier alpha value is -0.700. The lowest BCUT2D eigenvalue weighted by molar-refractivity contribution is -0.108. The first kappa shape index (κ1) is 8.88. The zero-order valence-corrected chi connectivity index (χ0v) is 8.42. The minimum absolute atomic E-state index is 0.112. The van der Waals surface area contributed by atoms with Gasteiger partial charge in [0.1, 0.15) is 12.1 Å². The summed E-state index contributed by atoms with van der Waals surface area (Å²) in [4.78, 5) is 10.4. The van der Waals surface area contributed by atoms with Crippen molar-refractivity contribution in [3.05, 3.63) is 34.1 Å². The minimum atomic E-state index is -0.256. The van der Waals surface area contributed by atoms with Gasteiger partial charge in [0, 0.05) is 5.92 Å². The normalized spacial score (nSPS) is 25.7. The first-order chi connectivity index (χ1) is 6.22. The van der Waals surface area contributed by atoms with E-state index in [4.69, 9.17) is 0 Å². The van der Waals surface area contributed by atoms with Crippen molar-refractivity contribution in [1.29, 1.82) is 0 Å². The van der Waals surface area contributed by atoms with E-state index >= 15 is 0 Å². The molecule has 0 unspecified atom stereocenters. The maximum atomic E-state index is 13.1. The van der Waals surface area contributed by atoms with Crippen LogP contribution in [-0.4, -0.2) is 6.29 Å². The van der Waals surface area contributed by atoms with Crippen molar-refractivity contribution in [2.24, 2.45) is 5.92 Å². The van der Waals surface area contributed by atoms with Crippen LogP contribution in [0.1, 0.15) is 17.9 Å². The molecule has 0 bridgehead atoms. The van der Waals surface area contributed by atoms with Gasteiger partial charge >= 0.3 is 0 Å². The third-order valence-electron chi connectivity index (χ3n) is 2.39. The van der Waals surface area contributed by atoms with E-state index in [0.29, 0.717) is 4.47 Å². The molecular formula is C10H8BrFO. The molecule has 3 heteroatoms. The Bertz CT molecular complexity index is 351. The highest BCUT2D eigenvalue weighted by Gasteiger charge is 2.38. The quantitative estimate of drug-likeness (QED) is 0.730.